The minimum absolute atomic E-state index is 0.585. The molecule has 6 nitrogen and oxygen atoms in total. The zero-order valence-corrected chi connectivity index (χ0v) is 15.7. The van der Waals surface area contributed by atoms with Gasteiger partial charge in [0.2, 0.25) is 0 Å². The normalized spacial score (nSPS) is 12.0. The molecular formula is C15H34O6Si. The number of hydrogen-bond donors (Lipinski definition) is 0. The summed E-state index contributed by atoms with van der Waals surface area (Å²) in [5, 5.41) is 0. The van der Waals surface area contributed by atoms with Crippen molar-refractivity contribution in [1.29, 1.82) is 0 Å². The molecule has 7 heteroatoms. The molecule has 0 radical (unpaired) electrons. The van der Waals surface area contributed by atoms with Gasteiger partial charge in [-0.05, 0) is 25.6 Å². The summed E-state index contributed by atoms with van der Waals surface area (Å²) in [5.41, 5.74) is 0. The smallest absolute Gasteiger partial charge is 0.186 e. The summed E-state index contributed by atoms with van der Waals surface area (Å²) in [5.74, 6) is 0. The quantitative estimate of drug-likeness (QED) is 0.298. The van der Waals surface area contributed by atoms with Crippen molar-refractivity contribution >= 4 is 8.32 Å². The molecule has 0 atom stereocenters. The largest absolute Gasteiger partial charge is 0.420 e. The number of hydrogen-bond acceptors (Lipinski definition) is 6. The van der Waals surface area contributed by atoms with Crippen LogP contribution >= 0.6 is 0 Å². The van der Waals surface area contributed by atoms with Crippen LogP contribution in [0.25, 0.3) is 0 Å². The molecule has 0 spiro atoms. The van der Waals surface area contributed by atoms with E-state index < -0.39 is 8.32 Å². The lowest BCUT2D eigenvalue weighted by Crippen LogP contribution is -2.28. The van der Waals surface area contributed by atoms with Crippen LogP contribution in [0, 0.1) is 0 Å². The van der Waals surface area contributed by atoms with Gasteiger partial charge in [-0.15, -0.1) is 0 Å². The molecule has 0 aromatic carbocycles. The molecule has 0 rings (SSSR count). The fourth-order valence-corrected chi connectivity index (χ4v) is 2.81. The Morgan fingerprint density at radius 1 is 0.591 bits per heavy atom. The van der Waals surface area contributed by atoms with Gasteiger partial charge >= 0.3 is 0 Å². The van der Waals surface area contributed by atoms with Crippen LogP contribution in [-0.2, 0) is 28.1 Å². The van der Waals surface area contributed by atoms with Crippen LogP contribution in [0.1, 0.15) is 6.42 Å². The maximum Gasteiger partial charge on any atom is 0.186 e. The van der Waals surface area contributed by atoms with Crippen molar-refractivity contribution in [2.45, 2.75) is 25.6 Å². The molecule has 0 bridgehead atoms. The van der Waals surface area contributed by atoms with Crippen molar-refractivity contribution in [3.63, 3.8) is 0 Å². The molecule has 0 aliphatic carbocycles. The average Bonchev–Trinajstić information content (AvgIpc) is 2.51. The van der Waals surface area contributed by atoms with Crippen molar-refractivity contribution in [3.05, 3.63) is 0 Å². The van der Waals surface area contributed by atoms with Gasteiger partial charge in [-0.2, -0.15) is 0 Å². The molecule has 0 N–H and O–H groups in total. The Balaban J connectivity index is 3.06. The lowest BCUT2D eigenvalue weighted by atomic mass is 10.5. The van der Waals surface area contributed by atoms with Gasteiger partial charge in [-0.3, -0.25) is 0 Å². The van der Waals surface area contributed by atoms with Crippen LogP contribution in [0.4, 0.5) is 0 Å². The van der Waals surface area contributed by atoms with E-state index in [-0.39, 0.29) is 0 Å². The summed E-state index contributed by atoms with van der Waals surface area (Å²) < 4.78 is 31.9. The number of ether oxygens (including phenoxy) is 5. The molecule has 0 heterocycles. The molecule has 0 amide bonds. The van der Waals surface area contributed by atoms with Crippen LogP contribution in [0.2, 0.25) is 19.1 Å². The van der Waals surface area contributed by atoms with E-state index in [4.69, 9.17) is 28.1 Å². The van der Waals surface area contributed by atoms with E-state index in [1.165, 1.54) is 0 Å². The molecule has 0 aromatic rings. The third kappa shape index (κ3) is 16.3. The average molecular weight is 339 g/mol. The van der Waals surface area contributed by atoms with E-state index in [1.54, 1.807) is 14.2 Å². The third-order valence-electron chi connectivity index (χ3n) is 3.17. The monoisotopic (exact) mass is 338 g/mol. The Morgan fingerprint density at radius 2 is 1.00 bits per heavy atom. The minimum atomic E-state index is -1.43. The van der Waals surface area contributed by atoms with Gasteiger partial charge in [0.05, 0.1) is 52.9 Å². The first-order chi connectivity index (χ1) is 10.6. The molecular weight excluding hydrogens is 304 g/mol. The van der Waals surface area contributed by atoms with Gasteiger partial charge in [0.25, 0.3) is 0 Å². The highest BCUT2D eigenvalue weighted by Gasteiger charge is 2.19. The van der Waals surface area contributed by atoms with E-state index >= 15 is 0 Å². The molecule has 134 valence electrons. The zero-order chi connectivity index (χ0) is 16.5. The Labute approximate surface area is 136 Å². The Kier molecular flexibility index (Phi) is 15.8. The maximum atomic E-state index is 5.53. The minimum Gasteiger partial charge on any atom is -0.420 e. The first-order valence-electron chi connectivity index (χ1n) is 7.97. The second kappa shape index (κ2) is 15.9. The molecule has 0 fully saturated rings. The van der Waals surface area contributed by atoms with Crippen LogP contribution in [0.5, 0.6) is 0 Å². The van der Waals surface area contributed by atoms with Gasteiger partial charge in [-0.1, -0.05) is 0 Å². The molecule has 22 heavy (non-hydrogen) atoms. The van der Waals surface area contributed by atoms with Crippen molar-refractivity contribution < 1.29 is 28.1 Å². The van der Waals surface area contributed by atoms with E-state index in [2.05, 4.69) is 13.1 Å². The molecule has 0 unspecified atom stereocenters. The summed E-state index contributed by atoms with van der Waals surface area (Å²) in [7, 11) is 2.03. The highest BCUT2D eigenvalue weighted by atomic mass is 28.4. The highest BCUT2D eigenvalue weighted by Crippen LogP contribution is 2.11. The lowest BCUT2D eigenvalue weighted by molar-refractivity contribution is -0.00773. The Bertz CT molecular complexity index is 228. The van der Waals surface area contributed by atoms with Gasteiger partial charge in [0, 0.05) is 20.8 Å². The molecule has 0 aliphatic heterocycles. The first kappa shape index (κ1) is 22.0. The number of methoxy groups -OCH3 is 1. The lowest BCUT2D eigenvalue weighted by Gasteiger charge is -2.19. The number of rotatable bonds is 17. The molecule has 0 aromatic heterocycles. The predicted octanol–water partition coefficient (Wildman–Crippen LogP) is 1.94. The summed E-state index contributed by atoms with van der Waals surface area (Å²) in [4.78, 5) is 0. The standard InChI is InChI=1S/C15H34O6Si/c1-16-7-8-19-11-12-21-14-13-20-10-9-18-6-5-15-22(3,4)17-2/h5-15H2,1-4H3. The van der Waals surface area contributed by atoms with Crippen molar-refractivity contribution in [2.75, 3.05) is 73.7 Å². The van der Waals surface area contributed by atoms with Crippen LogP contribution < -0.4 is 0 Å². The van der Waals surface area contributed by atoms with Crippen molar-refractivity contribution in [2.24, 2.45) is 0 Å². The van der Waals surface area contributed by atoms with Crippen molar-refractivity contribution in [3.8, 4) is 0 Å². The van der Waals surface area contributed by atoms with E-state index in [1.807, 2.05) is 0 Å². The van der Waals surface area contributed by atoms with Crippen LogP contribution in [0.15, 0.2) is 0 Å². The fraction of sp³-hybridized carbons (Fsp3) is 1.00. The van der Waals surface area contributed by atoms with E-state index in [0.717, 1.165) is 19.1 Å². The topological polar surface area (TPSA) is 55.4 Å². The van der Waals surface area contributed by atoms with Crippen LogP contribution in [0.3, 0.4) is 0 Å². The predicted molar refractivity (Wildman–Crippen MR) is 89.1 cm³/mol. The van der Waals surface area contributed by atoms with Crippen molar-refractivity contribution in [1.82, 2.24) is 0 Å². The summed E-state index contributed by atoms with van der Waals surface area (Å²) >= 11 is 0. The summed E-state index contributed by atoms with van der Waals surface area (Å²) in [6, 6.07) is 1.13. The van der Waals surface area contributed by atoms with Gasteiger partial charge in [0.15, 0.2) is 8.32 Å². The first-order valence-corrected chi connectivity index (χ1v) is 11.1. The molecule has 0 aliphatic rings. The SMILES string of the molecule is COCCOCCOCCOCCOCCC[Si](C)(C)OC. The van der Waals surface area contributed by atoms with Gasteiger partial charge in [0.1, 0.15) is 0 Å². The van der Waals surface area contributed by atoms with E-state index in [9.17, 15) is 0 Å². The second-order valence-electron chi connectivity index (χ2n) is 5.51. The third-order valence-corrected chi connectivity index (χ3v) is 5.83. The molecule has 0 saturated heterocycles. The second-order valence-corrected chi connectivity index (χ2v) is 9.94. The van der Waals surface area contributed by atoms with Gasteiger partial charge < -0.3 is 28.1 Å². The molecule has 0 saturated carbocycles. The van der Waals surface area contributed by atoms with Crippen LogP contribution in [-0.4, -0.2) is 82.0 Å². The Hall–Kier alpha value is -0.0231. The highest BCUT2D eigenvalue weighted by molar-refractivity contribution is 6.71. The summed E-state index contributed by atoms with van der Waals surface area (Å²) in [6.45, 7) is 10.0. The maximum absolute atomic E-state index is 5.53. The van der Waals surface area contributed by atoms with Gasteiger partial charge in [-0.25, -0.2) is 0 Å². The summed E-state index contributed by atoms with van der Waals surface area (Å²) in [6.07, 6.45) is 1.05. The zero-order valence-electron chi connectivity index (χ0n) is 14.7. The van der Waals surface area contributed by atoms with E-state index in [0.29, 0.717) is 52.9 Å². The Morgan fingerprint density at radius 3 is 1.41 bits per heavy atom. The fourth-order valence-electron chi connectivity index (χ4n) is 1.61.